The van der Waals surface area contributed by atoms with Crippen molar-refractivity contribution in [3.63, 3.8) is 0 Å². The van der Waals surface area contributed by atoms with Gasteiger partial charge >= 0.3 is 0 Å². The molecule has 0 aromatic heterocycles. The number of hydrogen-bond donors (Lipinski definition) is 2. The molecule has 2 aromatic carbocycles. The molecule has 6 heteroatoms. The van der Waals surface area contributed by atoms with Gasteiger partial charge in [0.05, 0.1) is 4.90 Å². The van der Waals surface area contributed by atoms with Gasteiger partial charge in [-0.2, -0.15) is 0 Å². The largest absolute Gasteiger partial charge is 0.329 e. The lowest BCUT2D eigenvalue weighted by atomic mass is 10.1. The standard InChI is InChI=1S/C13H15ClN2O2S/c1-9(8-15)16-19(17,18)13-5-3-10-6-12(14)4-2-11(10)7-13/h2-7,9,16H,8,15H2,1H3. The number of benzene rings is 2. The Bertz CT molecular complexity index is 701. The minimum absolute atomic E-state index is 0.225. The molecule has 3 N–H and O–H groups in total. The zero-order valence-corrected chi connectivity index (χ0v) is 12.0. The quantitative estimate of drug-likeness (QED) is 0.908. The Morgan fingerprint density at radius 1 is 1.21 bits per heavy atom. The molecular weight excluding hydrogens is 284 g/mol. The second-order valence-corrected chi connectivity index (χ2v) is 6.56. The highest BCUT2D eigenvalue weighted by Crippen LogP contribution is 2.22. The summed E-state index contributed by atoms with van der Waals surface area (Å²) < 4.78 is 26.8. The Labute approximate surface area is 117 Å². The molecule has 0 amide bonds. The molecule has 4 nitrogen and oxygen atoms in total. The van der Waals surface area contributed by atoms with E-state index in [2.05, 4.69) is 4.72 Å². The molecule has 0 aliphatic rings. The predicted molar refractivity (Wildman–Crippen MR) is 77.8 cm³/mol. The van der Waals surface area contributed by atoms with Gasteiger partial charge in [0.1, 0.15) is 0 Å². The van der Waals surface area contributed by atoms with Crippen LogP contribution in [0.5, 0.6) is 0 Å². The highest BCUT2D eigenvalue weighted by atomic mass is 35.5. The van der Waals surface area contributed by atoms with Gasteiger partial charge in [0, 0.05) is 17.6 Å². The van der Waals surface area contributed by atoms with Crippen LogP contribution in [0.25, 0.3) is 10.8 Å². The van der Waals surface area contributed by atoms with E-state index >= 15 is 0 Å². The monoisotopic (exact) mass is 298 g/mol. The molecule has 0 heterocycles. The van der Waals surface area contributed by atoms with Crippen molar-refractivity contribution >= 4 is 32.4 Å². The van der Waals surface area contributed by atoms with Crippen LogP contribution in [0.3, 0.4) is 0 Å². The summed E-state index contributed by atoms with van der Waals surface area (Å²) in [6.07, 6.45) is 0. The van der Waals surface area contributed by atoms with Gasteiger partial charge in [-0.1, -0.05) is 23.7 Å². The van der Waals surface area contributed by atoms with Crippen LogP contribution in [0, 0.1) is 0 Å². The topological polar surface area (TPSA) is 72.2 Å². The molecule has 1 unspecified atom stereocenters. The van der Waals surface area contributed by atoms with Gasteiger partial charge < -0.3 is 5.73 Å². The molecule has 0 bridgehead atoms. The summed E-state index contributed by atoms with van der Waals surface area (Å²) >= 11 is 5.89. The third kappa shape index (κ3) is 3.25. The van der Waals surface area contributed by atoms with Crippen molar-refractivity contribution in [1.29, 1.82) is 0 Å². The molecule has 0 aliphatic carbocycles. The summed E-state index contributed by atoms with van der Waals surface area (Å²) in [5.74, 6) is 0. The van der Waals surface area contributed by atoms with Crippen molar-refractivity contribution in [2.24, 2.45) is 5.73 Å². The molecule has 0 saturated carbocycles. The van der Waals surface area contributed by atoms with Crippen LogP contribution < -0.4 is 10.5 Å². The summed E-state index contributed by atoms with van der Waals surface area (Å²) in [7, 11) is -3.54. The number of nitrogens with two attached hydrogens (primary N) is 1. The van der Waals surface area contributed by atoms with Crippen molar-refractivity contribution < 1.29 is 8.42 Å². The summed E-state index contributed by atoms with van der Waals surface area (Å²) in [5.41, 5.74) is 5.42. The van der Waals surface area contributed by atoms with Gasteiger partial charge in [-0.3, -0.25) is 0 Å². The highest BCUT2D eigenvalue weighted by molar-refractivity contribution is 7.89. The lowest BCUT2D eigenvalue weighted by Gasteiger charge is -2.12. The smallest absolute Gasteiger partial charge is 0.240 e. The number of fused-ring (bicyclic) bond motifs is 1. The van der Waals surface area contributed by atoms with E-state index in [-0.39, 0.29) is 17.5 Å². The molecule has 2 aromatic rings. The first-order valence-corrected chi connectivity index (χ1v) is 7.70. The van der Waals surface area contributed by atoms with E-state index in [1.165, 1.54) is 0 Å². The molecular formula is C13H15ClN2O2S. The number of halogens is 1. The fourth-order valence-electron chi connectivity index (χ4n) is 1.74. The second kappa shape index (κ2) is 5.46. The molecule has 1 atom stereocenters. The normalized spacial score (nSPS) is 13.6. The van der Waals surface area contributed by atoms with E-state index < -0.39 is 10.0 Å². The van der Waals surface area contributed by atoms with Crippen molar-refractivity contribution in [1.82, 2.24) is 4.72 Å². The summed E-state index contributed by atoms with van der Waals surface area (Å²) in [5, 5.41) is 2.35. The van der Waals surface area contributed by atoms with E-state index in [1.54, 1.807) is 43.3 Å². The van der Waals surface area contributed by atoms with Crippen LogP contribution in [0.1, 0.15) is 6.92 Å². The molecule has 0 aliphatic heterocycles. The van der Waals surface area contributed by atoms with Gasteiger partial charge in [0.15, 0.2) is 0 Å². The summed E-state index contributed by atoms with van der Waals surface area (Å²) in [6, 6.07) is 9.94. The Morgan fingerprint density at radius 3 is 2.53 bits per heavy atom. The molecule has 19 heavy (non-hydrogen) atoms. The van der Waals surface area contributed by atoms with E-state index in [0.717, 1.165) is 10.8 Å². The average molecular weight is 299 g/mol. The Morgan fingerprint density at radius 2 is 1.84 bits per heavy atom. The van der Waals surface area contributed by atoms with E-state index in [9.17, 15) is 8.42 Å². The Hall–Kier alpha value is -1.14. The fourth-order valence-corrected chi connectivity index (χ4v) is 3.21. The van der Waals surface area contributed by atoms with Gasteiger partial charge in [0.2, 0.25) is 10.0 Å². The van der Waals surface area contributed by atoms with Crippen LogP contribution in [0.4, 0.5) is 0 Å². The lowest BCUT2D eigenvalue weighted by molar-refractivity contribution is 0.563. The fraction of sp³-hybridized carbons (Fsp3) is 0.231. The van der Waals surface area contributed by atoms with E-state index in [1.807, 2.05) is 0 Å². The van der Waals surface area contributed by atoms with E-state index in [0.29, 0.717) is 5.02 Å². The molecule has 2 rings (SSSR count). The first kappa shape index (κ1) is 14.3. The predicted octanol–water partition coefficient (Wildman–Crippen LogP) is 2.12. The van der Waals surface area contributed by atoms with Crippen LogP contribution in [0.15, 0.2) is 41.3 Å². The molecule has 0 saturated heterocycles. The molecule has 0 spiro atoms. The first-order chi connectivity index (χ1) is 8.92. The summed E-state index contributed by atoms with van der Waals surface area (Å²) in [4.78, 5) is 0.225. The number of nitrogens with one attached hydrogen (secondary N) is 1. The first-order valence-electron chi connectivity index (χ1n) is 5.84. The SMILES string of the molecule is CC(CN)NS(=O)(=O)c1ccc2cc(Cl)ccc2c1. The third-order valence-electron chi connectivity index (χ3n) is 2.79. The third-order valence-corrected chi connectivity index (χ3v) is 4.62. The Kier molecular flexibility index (Phi) is 4.10. The van der Waals surface area contributed by atoms with Crippen LogP contribution >= 0.6 is 11.6 Å². The minimum Gasteiger partial charge on any atom is -0.329 e. The maximum Gasteiger partial charge on any atom is 0.240 e. The summed E-state index contributed by atoms with van der Waals surface area (Å²) in [6.45, 7) is 1.97. The zero-order chi connectivity index (χ0) is 14.0. The zero-order valence-electron chi connectivity index (χ0n) is 10.4. The highest BCUT2D eigenvalue weighted by Gasteiger charge is 2.16. The van der Waals surface area contributed by atoms with Crippen LogP contribution in [-0.2, 0) is 10.0 Å². The maximum absolute atomic E-state index is 12.1. The van der Waals surface area contributed by atoms with Crippen LogP contribution in [-0.4, -0.2) is 21.0 Å². The molecule has 0 radical (unpaired) electrons. The average Bonchev–Trinajstić information content (AvgIpc) is 2.37. The van der Waals surface area contributed by atoms with E-state index in [4.69, 9.17) is 17.3 Å². The van der Waals surface area contributed by atoms with Crippen molar-refractivity contribution in [3.8, 4) is 0 Å². The van der Waals surface area contributed by atoms with Gasteiger partial charge in [-0.25, -0.2) is 13.1 Å². The molecule has 102 valence electrons. The number of sulfonamides is 1. The minimum atomic E-state index is -3.54. The van der Waals surface area contributed by atoms with Crippen molar-refractivity contribution in [2.75, 3.05) is 6.54 Å². The number of rotatable bonds is 4. The Balaban J connectivity index is 2.43. The second-order valence-electron chi connectivity index (χ2n) is 4.41. The van der Waals surface area contributed by atoms with Gasteiger partial charge in [-0.05, 0) is 42.0 Å². The van der Waals surface area contributed by atoms with Gasteiger partial charge in [-0.15, -0.1) is 0 Å². The van der Waals surface area contributed by atoms with Crippen molar-refractivity contribution in [3.05, 3.63) is 41.4 Å². The maximum atomic E-state index is 12.1. The molecule has 0 fully saturated rings. The number of hydrogen-bond acceptors (Lipinski definition) is 3. The lowest BCUT2D eigenvalue weighted by Crippen LogP contribution is -2.37. The van der Waals surface area contributed by atoms with Gasteiger partial charge in [0.25, 0.3) is 0 Å². The van der Waals surface area contributed by atoms with Crippen LogP contribution in [0.2, 0.25) is 5.02 Å². The van der Waals surface area contributed by atoms with Crippen molar-refractivity contribution in [2.45, 2.75) is 17.9 Å².